The highest BCUT2D eigenvalue weighted by Crippen LogP contribution is 2.29. The quantitative estimate of drug-likeness (QED) is 0.546. The summed E-state index contributed by atoms with van der Waals surface area (Å²) >= 11 is 0. The van der Waals surface area contributed by atoms with E-state index >= 15 is 0 Å². The summed E-state index contributed by atoms with van der Waals surface area (Å²) in [4.78, 5) is 18.4. The van der Waals surface area contributed by atoms with E-state index in [2.05, 4.69) is 31.0 Å². The molecular formula is C27H27N3O. The van der Waals surface area contributed by atoms with Gasteiger partial charge < -0.3 is 4.90 Å². The molecule has 156 valence electrons. The van der Waals surface area contributed by atoms with Crippen molar-refractivity contribution in [2.45, 2.75) is 27.7 Å². The fourth-order valence-electron chi connectivity index (χ4n) is 3.70. The first kappa shape index (κ1) is 22.0. The van der Waals surface area contributed by atoms with Crippen LogP contribution in [0.15, 0.2) is 48.7 Å². The van der Waals surface area contributed by atoms with Gasteiger partial charge >= 0.3 is 0 Å². The largest absolute Gasteiger partial charge is 0.345 e. The van der Waals surface area contributed by atoms with E-state index in [1.54, 1.807) is 25.2 Å². The maximum Gasteiger partial charge on any atom is 0.253 e. The van der Waals surface area contributed by atoms with Gasteiger partial charge in [-0.1, -0.05) is 18.2 Å². The van der Waals surface area contributed by atoms with Crippen LogP contribution >= 0.6 is 0 Å². The maximum atomic E-state index is 12.2. The van der Waals surface area contributed by atoms with Crippen LogP contribution in [-0.4, -0.2) is 29.9 Å². The van der Waals surface area contributed by atoms with Crippen LogP contribution in [-0.2, 0) is 0 Å². The molecule has 1 aromatic heterocycles. The Bertz CT molecular complexity index is 1230. The highest BCUT2D eigenvalue weighted by atomic mass is 16.2. The molecule has 0 spiro atoms. The van der Waals surface area contributed by atoms with Gasteiger partial charge in [-0.15, -0.1) is 0 Å². The minimum atomic E-state index is -0.00340. The Morgan fingerprint density at radius 2 is 1.77 bits per heavy atom. The molecule has 4 nitrogen and oxygen atoms in total. The third kappa shape index (κ3) is 4.57. The number of hydrogen-bond donors (Lipinski definition) is 0. The fourth-order valence-corrected chi connectivity index (χ4v) is 3.70. The number of nitrogens with zero attached hydrogens (tertiary/aromatic N) is 3. The van der Waals surface area contributed by atoms with Gasteiger partial charge in [0.2, 0.25) is 0 Å². The molecule has 0 fully saturated rings. The number of hydrogen-bond acceptors (Lipinski definition) is 3. The minimum Gasteiger partial charge on any atom is -0.345 e. The van der Waals surface area contributed by atoms with E-state index in [-0.39, 0.29) is 5.91 Å². The molecule has 0 atom stereocenters. The molecule has 0 N–H and O–H groups in total. The number of carbonyl (C=O) groups excluding carboxylic acids is 1. The van der Waals surface area contributed by atoms with Gasteiger partial charge in [-0.2, -0.15) is 5.26 Å². The maximum absolute atomic E-state index is 12.2. The van der Waals surface area contributed by atoms with Crippen molar-refractivity contribution in [2.24, 2.45) is 0 Å². The Morgan fingerprint density at radius 3 is 2.42 bits per heavy atom. The summed E-state index contributed by atoms with van der Waals surface area (Å²) in [7, 11) is 3.51. The van der Waals surface area contributed by atoms with Gasteiger partial charge in [0, 0.05) is 25.9 Å². The molecule has 0 unspecified atom stereocenters. The Kier molecular flexibility index (Phi) is 6.36. The Balaban J connectivity index is 2.00. The first-order chi connectivity index (χ1) is 14.7. The van der Waals surface area contributed by atoms with Crippen LogP contribution in [0.1, 0.15) is 50.8 Å². The zero-order valence-corrected chi connectivity index (χ0v) is 18.9. The highest BCUT2D eigenvalue weighted by molar-refractivity contribution is 5.95. The molecule has 0 bridgehead atoms. The molecule has 4 heteroatoms. The summed E-state index contributed by atoms with van der Waals surface area (Å²) in [5.41, 5.74) is 9.58. The predicted octanol–water partition coefficient (Wildman–Crippen LogP) is 5.81. The molecule has 31 heavy (non-hydrogen) atoms. The van der Waals surface area contributed by atoms with Gasteiger partial charge in [0.1, 0.15) is 0 Å². The van der Waals surface area contributed by atoms with Crippen LogP contribution in [0, 0.1) is 32.1 Å². The molecule has 0 aliphatic heterocycles. The SMILES string of the molecule is C/C(=C\c1nccc(-c2ccc(C)c(C#N)c2)c1C)c1ccc(C(=O)N(C)C)cc1C. The first-order valence-corrected chi connectivity index (χ1v) is 10.2. The summed E-state index contributed by atoms with van der Waals surface area (Å²) < 4.78 is 0. The van der Waals surface area contributed by atoms with Gasteiger partial charge in [-0.25, -0.2) is 0 Å². The topological polar surface area (TPSA) is 57.0 Å². The van der Waals surface area contributed by atoms with E-state index in [0.717, 1.165) is 44.6 Å². The second kappa shape index (κ2) is 8.97. The summed E-state index contributed by atoms with van der Waals surface area (Å²) in [5, 5.41) is 9.37. The number of aryl methyl sites for hydroxylation is 2. The van der Waals surface area contributed by atoms with Crippen molar-refractivity contribution in [1.82, 2.24) is 9.88 Å². The number of amides is 1. The number of carbonyl (C=O) groups is 1. The summed E-state index contributed by atoms with van der Waals surface area (Å²) in [6.07, 6.45) is 3.88. The van der Waals surface area contributed by atoms with Crippen LogP contribution in [0.2, 0.25) is 0 Å². The van der Waals surface area contributed by atoms with Gasteiger partial charge in [-0.05, 0) is 97.0 Å². The van der Waals surface area contributed by atoms with Crippen LogP contribution in [0.4, 0.5) is 0 Å². The highest BCUT2D eigenvalue weighted by Gasteiger charge is 2.12. The Labute approximate surface area is 184 Å². The molecule has 0 aliphatic rings. The normalized spacial score (nSPS) is 11.2. The van der Waals surface area contributed by atoms with Crippen molar-refractivity contribution >= 4 is 17.6 Å². The van der Waals surface area contributed by atoms with Gasteiger partial charge in [-0.3, -0.25) is 9.78 Å². The van der Waals surface area contributed by atoms with Crippen molar-refractivity contribution in [2.75, 3.05) is 14.1 Å². The number of nitriles is 1. The lowest BCUT2D eigenvalue weighted by molar-refractivity contribution is 0.0827. The number of allylic oxidation sites excluding steroid dienone is 1. The zero-order valence-electron chi connectivity index (χ0n) is 18.9. The number of rotatable bonds is 4. The fraction of sp³-hybridized carbons (Fsp3) is 0.222. The van der Waals surface area contributed by atoms with E-state index in [1.165, 1.54) is 0 Å². The van der Waals surface area contributed by atoms with Gasteiger partial charge in [0.15, 0.2) is 0 Å². The van der Waals surface area contributed by atoms with E-state index in [0.29, 0.717) is 11.1 Å². The minimum absolute atomic E-state index is 0.00340. The second-order valence-corrected chi connectivity index (χ2v) is 8.07. The molecule has 2 aromatic carbocycles. The molecule has 3 aromatic rings. The molecule has 3 rings (SSSR count). The third-order valence-corrected chi connectivity index (χ3v) is 5.57. The lowest BCUT2D eigenvalue weighted by Gasteiger charge is -2.14. The van der Waals surface area contributed by atoms with E-state index in [1.807, 2.05) is 56.3 Å². The molecule has 0 radical (unpaired) electrons. The van der Waals surface area contributed by atoms with Crippen LogP contribution in [0.5, 0.6) is 0 Å². The monoisotopic (exact) mass is 409 g/mol. The number of aromatic nitrogens is 1. The van der Waals surface area contributed by atoms with E-state index < -0.39 is 0 Å². The van der Waals surface area contributed by atoms with Crippen LogP contribution in [0.25, 0.3) is 22.8 Å². The van der Waals surface area contributed by atoms with Crippen molar-refractivity contribution in [1.29, 1.82) is 5.26 Å². The summed E-state index contributed by atoms with van der Waals surface area (Å²) in [6.45, 7) is 8.08. The number of benzene rings is 2. The molecule has 1 heterocycles. The number of pyridine rings is 1. The van der Waals surface area contributed by atoms with E-state index in [4.69, 9.17) is 0 Å². The second-order valence-electron chi connectivity index (χ2n) is 8.07. The van der Waals surface area contributed by atoms with Crippen molar-refractivity contribution in [3.05, 3.63) is 87.7 Å². The van der Waals surface area contributed by atoms with Gasteiger partial charge in [0.05, 0.1) is 17.3 Å². The predicted molar refractivity (Wildman–Crippen MR) is 127 cm³/mol. The molecule has 0 saturated heterocycles. The zero-order chi connectivity index (χ0) is 22.7. The van der Waals surface area contributed by atoms with Crippen molar-refractivity contribution in [3.63, 3.8) is 0 Å². The van der Waals surface area contributed by atoms with Gasteiger partial charge in [0.25, 0.3) is 5.91 Å². The first-order valence-electron chi connectivity index (χ1n) is 10.2. The van der Waals surface area contributed by atoms with Crippen LogP contribution < -0.4 is 0 Å². The lowest BCUT2D eigenvalue weighted by Crippen LogP contribution is -2.21. The van der Waals surface area contributed by atoms with E-state index in [9.17, 15) is 10.1 Å². The standard InChI is InChI=1S/C27H27N3O/c1-17-7-8-21(15-23(17)16-28)25-11-12-29-26(20(25)4)14-19(3)24-10-9-22(13-18(24)2)27(31)30(5)6/h7-15H,1-6H3/b19-14+. The smallest absolute Gasteiger partial charge is 0.253 e. The molecule has 0 aliphatic carbocycles. The third-order valence-electron chi connectivity index (χ3n) is 5.57. The Hall–Kier alpha value is -3.71. The van der Waals surface area contributed by atoms with Crippen molar-refractivity contribution in [3.8, 4) is 17.2 Å². The lowest BCUT2D eigenvalue weighted by atomic mass is 9.94. The van der Waals surface area contributed by atoms with Crippen molar-refractivity contribution < 1.29 is 4.79 Å². The van der Waals surface area contributed by atoms with Crippen LogP contribution in [0.3, 0.4) is 0 Å². The Morgan fingerprint density at radius 1 is 1.03 bits per heavy atom. The average molecular weight is 410 g/mol. The molecule has 1 amide bonds. The molecule has 0 saturated carbocycles. The average Bonchev–Trinajstić information content (AvgIpc) is 2.74. The molecular weight excluding hydrogens is 382 g/mol. The summed E-state index contributed by atoms with van der Waals surface area (Å²) in [5.74, 6) is -0.00340. The summed E-state index contributed by atoms with van der Waals surface area (Å²) in [6, 6.07) is 16.0.